The number of halogens is 2. The number of carbonyl (C=O) groups excluding carboxylic acids is 2. The van der Waals surface area contributed by atoms with Crippen molar-refractivity contribution in [3.8, 4) is 22.5 Å². The summed E-state index contributed by atoms with van der Waals surface area (Å²) in [5, 5.41) is 37.1. The summed E-state index contributed by atoms with van der Waals surface area (Å²) >= 11 is 7.68. The minimum atomic E-state index is -0.920. The zero-order valence-electron chi connectivity index (χ0n) is 38.4. The first-order valence-electron chi connectivity index (χ1n) is 22.4. The van der Waals surface area contributed by atoms with Gasteiger partial charge in [0.1, 0.15) is 10.8 Å². The van der Waals surface area contributed by atoms with Gasteiger partial charge in [0, 0.05) is 59.1 Å². The normalized spacial score (nSPS) is 14.0. The van der Waals surface area contributed by atoms with Crippen LogP contribution in [-0.4, -0.2) is 75.3 Å². The van der Waals surface area contributed by atoms with E-state index in [0.717, 1.165) is 73.8 Å². The van der Waals surface area contributed by atoms with Crippen LogP contribution in [0, 0.1) is 38.4 Å². The summed E-state index contributed by atoms with van der Waals surface area (Å²) in [4.78, 5) is 35.2. The summed E-state index contributed by atoms with van der Waals surface area (Å²) < 4.78 is 17.1. The molecule has 9 rings (SSSR count). The molecule has 7 aromatic rings. The van der Waals surface area contributed by atoms with Crippen molar-refractivity contribution >= 4 is 57.6 Å². The van der Waals surface area contributed by atoms with Crippen molar-refractivity contribution in [2.24, 2.45) is 11.8 Å². The zero-order valence-corrected chi connectivity index (χ0v) is 39.9. The third-order valence-corrected chi connectivity index (χ3v) is 12.9. The number of imidazole rings is 2. The molecule has 0 spiro atoms. The molecule has 2 aliphatic carbocycles. The van der Waals surface area contributed by atoms with Crippen molar-refractivity contribution in [1.82, 2.24) is 29.2 Å². The quantitative estimate of drug-likeness (QED) is 0.0683. The minimum absolute atomic E-state index is 0.203. The van der Waals surface area contributed by atoms with E-state index in [4.69, 9.17) is 16.7 Å². The van der Waals surface area contributed by atoms with Crippen molar-refractivity contribution in [3.63, 3.8) is 0 Å². The number of fused-ring (bicyclic) bond motifs is 2. The van der Waals surface area contributed by atoms with E-state index >= 15 is 0 Å². The fraction of sp³-hybridized carbons (Fsp3) is 0.373. The van der Waals surface area contributed by atoms with Crippen molar-refractivity contribution in [3.05, 3.63) is 118 Å². The topological polar surface area (TPSA) is 159 Å². The van der Waals surface area contributed by atoms with E-state index in [2.05, 4.69) is 25.7 Å². The lowest BCUT2D eigenvalue weighted by Crippen LogP contribution is -2.29. The highest BCUT2D eigenvalue weighted by molar-refractivity contribution is 7.99. The van der Waals surface area contributed by atoms with E-state index in [9.17, 15) is 24.2 Å². The number of rotatable bonds is 16. The number of carbonyl (C=O) groups is 2. The fourth-order valence-electron chi connectivity index (χ4n) is 7.71. The number of benzene rings is 3. The predicted octanol–water partition coefficient (Wildman–Crippen LogP) is 11.0. The SMILES string of the molecule is Cc1cc(-c2cnc3c(NCC(C)(C)O)cc(Cl)nn23)ccc1C(=O)CC1CC1.Cc1cc(F)ccc1Sc1cc(NCC(C)(C)O)c2ncc(-c3ccc(C(=O)CC4CC4)c(C)c3)n2n1. The maximum atomic E-state index is 13.7. The second kappa shape index (κ2) is 18.9. The zero-order chi connectivity index (χ0) is 47.1. The molecule has 15 heteroatoms. The number of ketones is 2. The second-order valence-electron chi connectivity index (χ2n) is 19.1. The van der Waals surface area contributed by atoms with Crippen LogP contribution in [0.25, 0.3) is 33.8 Å². The molecule has 4 heterocycles. The number of aromatic nitrogens is 6. The van der Waals surface area contributed by atoms with E-state index in [1.165, 1.54) is 36.7 Å². The number of aryl methyl sites for hydroxylation is 3. The maximum Gasteiger partial charge on any atom is 0.177 e. The predicted molar refractivity (Wildman–Crippen MR) is 260 cm³/mol. The number of hydrogen-bond donors (Lipinski definition) is 4. The first-order valence-corrected chi connectivity index (χ1v) is 23.6. The van der Waals surface area contributed by atoms with Gasteiger partial charge in [0.25, 0.3) is 0 Å². The van der Waals surface area contributed by atoms with Gasteiger partial charge in [-0.2, -0.15) is 10.2 Å². The summed E-state index contributed by atoms with van der Waals surface area (Å²) in [5.74, 6) is 1.26. The Morgan fingerprint density at radius 3 is 1.64 bits per heavy atom. The smallest absolute Gasteiger partial charge is 0.177 e. The lowest BCUT2D eigenvalue weighted by molar-refractivity contribution is 0.0939. The van der Waals surface area contributed by atoms with Gasteiger partial charge in [0.05, 0.1) is 46.4 Å². The molecule has 2 saturated carbocycles. The Morgan fingerprint density at radius 2 is 1.18 bits per heavy atom. The van der Waals surface area contributed by atoms with Crippen LogP contribution in [0.2, 0.25) is 5.15 Å². The second-order valence-corrected chi connectivity index (χ2v) is 20.5. The molecule has 0 amide bonds. The van der Waals surface area contributed by atoms with Gasteiger partial charge in [-0.25, -0.2) is 23.4 Å². The Labute approximate surface area is 393 Å². The molecule has 3 aromatic carbocycles. The molecule has 2 fully saturated rings. The molecule has 12 nitrogen and oxygen atoms in total. The summed E-state index contributed by atoms with van der Waals surface area (Å²) in [6.45, 7) is 13.4. The van der Waals surface area contributed by atoms with Gasteiger partial charge in [-0.15, -0.1) is 0 Å². The van der Waals surface area contributed by atoms with Crippen molar-refractivity contribution in [1.29, 1.82) is 0 Å². The highest BCUT2D eigenvalue weighted by Crippen LogP contribution is 2.37. The molecule has 66 heavy (non-hydrogen) atoms. The fourth-order valence-corrected chi connectivity index (χ4v) is 8.78. The molecule has 0 aliphatic heterocycles. The number of aliphatic hydroxyl groups is 2. The molecule has 4 aromatic heterocycles. The molecular weight excluding hydrogens is 875 g/mol. The number of nitrogens with one attached hydrogen (secondary N) is 2. The Hall–Kier alpha value is -5.67. The summed E-state index contributed by atoms with van der Waals surface area (Å²) in [6.07, 6.45) is 9.42. The first-order chi connectivity index (χ1) is 31.3. The lowest BCUT2D eigenvalue weighted by Gasteiger charge is -2.19. The van der Waals surface area contributed by atoms with Crippen LogP contribution in [0.1, 0.15) is 104 Å². The van der Waals surface area contributed by atoms with Gasteiger partial charge in [0.15, 0.2) is 28.0 Å². The van der Waals surface area contributed by atoms with E-state index < -0.39 is 11.2 Å². The highest BCUT2D eigenvalue weighted by atomic mass is 35.5. The monoisotopic (exact) mass is 930 g/mol. The molecule has 0 saturated heterocycles. The van der Waals surface area contributed by atoms with Crippen LogP contribution in [-0.2, 0) is 0 Å². The minimum Gasteiger partial charge on any atom is -0.389 e. The van der Waals surface area contributed by atoms with Crippen molar-refractivity contribution < 1.29 is 24.2 Å². The van der Waals surface area contributed by atoms with E-state index in [-0.39, 0.29) is 17.4 Å². The Balaban J connectivity index is 0.000000185. The standard InChI is InChI=1S/C29H31FN4O2S.C22H25ClN4O2/c1-17-11-20(7-9-22(17)25(35)13-19-5-6-19)24-15-31-28-23(32-16-29(3,4)36)14-27(33-34(24)28)37-26-10-8-21(30)12-18(26)2;1-13-8-15(6-7-16(13)19(28)9-14-4-5-14)18-11-24-21-17(25-12-22(2,3)29)10-20(23)26-27(18)21/h7-12,14-15,19,32,36H,5-6,13,16H2,1-4H3;6-8,10-11,14,25,29H,4-5,9,12H2,1-3H3. The largest absolute Gasteiger partial charge is 0.389 e. The van der Waals surface area contributed by atoms with Crippen LogP contribution < -0.4 is 10.6 Å². The number of Topliss-reactive ketones (excluding diaryl/α,β-unsaturated/α-hetero) is 2. The third-order valence-electron chi connectivity index (χ3n) is 11.6. The number of anilines is 2. The van der Waals surface area contributed by atoms with Crippen LogP contribution in [0.5, 0.6) is 0 Å². The molecule has 0 bridgehead atoms. The van der Waals surface area contributed by atoms with Crippen LogP contribution in [0.3, 0.4) is 0 Å². The summed E-state index contributed by atoms with van der Waals surface area (Å²) in [7, 11) is 0. The number of nitrogens with zero attached hydrogens (tertiary/aromatic N) is 6. The molecule has 0 unspecified atom stereocenters. The van der Waals surface area contributed by atoms with Gasteiger partial charge >= 0.3 is 0 Å². The van der Waals surface area contributed by atoms with Crippen LogP contribution in [0.4, 0.5) is 15.8 Å². The summed E-state index contributed by atoms with van der Waals surface area (Å²) in [5.41, 5.74) is 8.58. The van der Waals surface area contributed by atoms with E-state index in [0.29, 0.717) is 64.9 Å². The maximum absolute atomic E-state index is 13.7. The summed E-state index contributed by atoms with van der Waals surface area (Å²) in [6, 6.07) is 20.0. The Bertz CT molecular complexity index is 2960. The molecular formula is C51H56ClFN8O4S. The van der Waals surface area contributed by atoms with Gasteiger partial charge in [-0.3, -0.25) is 9.59 Å². The first kappa shape index (κ1) is 46.8. The molecule has 2 aliphatic rings. The van der Waals surface area contributed by atoms with Gasteiger partial charge in [-0.1, -0.05) is 47.6 Å². The Kier molecular flexibility index (Phi) is 13.4. The van der Waals surface area contributed by atoms with E-state index in [1.807, 2.05) is 63.2 Å². The average Bonchev–Trinajstić information content (AvgIpc) is 4.16. The van der Waals surface area contributed by atoms with E-state index in [1.54, 1.807) is 61.3 Å². The van der Waals surface area contributed by atoms with Gasteiger partial charge in [-0.05, 0) is 139 Å². The number of hydrogen-bond acceptors (Lipinski definition) is 11. The lowest BCUT2D eigenvalue weighted by atomic mass is 9.98. The highest BCUT2D eigenvalue weighted by Gasteiger charge is 2.27. The average molecular weight is 932 g/mol. The molecule has 0 radical (unpaired) electrons. The van der Waals surface area contributed by atoms with Gasteiger partial charge in [0.2, 0.25) is 0 Å². The molecule has 4 N–H and O–H groups in total. The third kappa shape index (κ3) is 11.5. The molecule has 344 valence electrons. The van der Waals surface area contributed by atoms with Crippen LogP contribution in [0.15, 0.2) is 89.0 Å². The molecule has 0 atom stereocenters. The van der Waals surface area contributed by atoms with Crippen molar-refractivity contribution in [2.45, 2.75) is 108 Å². The van der Waals surface area contributed by atoms with Crippen LogP contribution >= 0.6 is 23.4 Å². The van der Waals surface area contributed by atoms with Gasteiger partial charge < -0.3 is 20.8 Å². The van der Waals surface area contributed by atoms with Crippen molar-refractivity contribution in [2.75, 3.05) is 23.7 Å². The Morgan fingerprint density at radius 1 is 0.697 bits per heavy atom.